The molecule has 1 amide bonds. The van der Waals surface area contributed by atoms with E-state index in [1.54, 1.807) is 10.6 Å². The minimum atomic E-state index is -0.345. The number of carbonyl (C=O) groups excluding carboxylic acids is 2. The van der Waals surface area contributed by atoms with E-state index in [1.807, 2.05) is 48.2 Å². The van der Waals surface area contributed by atoms with Gasteiger partial charge in [-0.15, -0.1) is 0 Å². The van der Waals surface area contributed by atoms with E-state index in [2.05, 4.69) is 24.2 Å². The molecule has 2 aromatic heterocycles. The van der Waals surface area contributed by atoms with E-state index in [-0.39, 0.29) is 29.6 Å². The summed E-state index contributed by atoms with van der Waals surface area (Å²) in [5.41, 5.74) is 6.60. The Kier molecular flexibility index (Phi) is 5.47. The van der Waals surface area contributed by atoms with Crippen molar-refractivity contribution in [2.45, 2.75) is 45.1 Å². The molecule has 0 spiro atoms. The van der Waals surface area contributed by atoms with Crippen molar-refractivity contribution < 1.29 is 14.0 Å². The van der Waals surface area contributed by atoms with E-state index in [0.29, 0.717) is 29.8 Å². The van der Waals surface area contributed by atoms with Crippen molar-refractivity contribution in [3.05, 3.63) is 94.4 Å². The Bertz CT molecular complexity index is 1510. The third kappa shape index (κ3) is 3.72. The van der Waals surface area contributed by atoms with E-state index in [0.717, 1.165) is 35.9 Å². The van der Waals surface area contributed by atoms with E-state index in [4.69, 9.17) is 0 Å². The molecule has 1 aliphatic carbocycles. The normalized spacial score (nSPS) is 20.9. The number of nitrogens with zero attached hydrogens (tertiary/aromatic N) is 3. The van der Waals surface area contributed by atoms with E-state index < -0.39 is 0 Å². The summed E-state index contributed by atoms with van der Waals surface area (Å²) in [6.07, 6.45) is 3.27. The van der Waals surface area contributed by atoms with E-state index in [1.165, 1.54) is 17.2 Å². The summed E-state index contributed by atoms with van der Waals surface area (Å²) in [5.74, 6) is -0.217. The van der Waals surface area contributed by atoms with Gasteiger partial charge >= 0.3 is 0 Å². The fourth-order valence-corrected chi connectivity index (χ4v) is 5.61. The average Bonchev–Trinajstić information content (AvgIpc) is 3.57. The van der Waals surface area contributed by atoms with Gasteiger partial charge in [-0.25, -0.2) is 8.91 Å². The summed E-state index contributed by atoms with van der Waals surface area (Å²) in [6, 6.07) is 19.1. The minimum absolute atomic E-state index is 0.00153. The second-order valence-corrected chi connectivity index (χ2v) is 9.96. The predicted molar refractivity (Wildman–Crippen MR) is 136 cm³/mol. The van der Waals surface area contributed by atoms with Gasteiger partial charge in [0.05, 0.1) is 17.3 Å². The van der Waals surface area contributed by atoms with Crippen LogP contribution in [0.1, 0.15) is 65.0 Å². The molecule has 1 fully saturated rings. The molecule has 5 nitrogen and oxygen atoms in total. The highest BCUT2D eigenvalue weighted by molar-refractivity contribution is 5.96. The van der Waals surface area contributed by atoms with Gasteiger partial charge in [-0.1, -0.05) is 37.3 Å². The Balaban J connectivity index is 1.34. The lowest BCUT2D eigenvalue weighted by Crippen LogP contribution is -2.38. The zero-order valence-electron chi connectivity index (χ0n) is 20.4. The number of fused-ring (bicyclic) bond motifs is 2. The van der Waals surface area contributed by atoms with Gasteiger partial charge in [0, 0.05) is 29.3 Å². The Morgan fingerprint density at radius 3 is 2.72 bits per heavy atom. The number of hydrogen-bond donors (Lipinski definition) is 0. The average molecular weight is 482 g/mol. The molecule has 4 aromatic rings. The Labute approximate surface area is 209 Å². The molecule has 36 heavy (non-hydrogen) atoms. The van der Waals surface area contributed by atoms with Crippen LogP contribution in [-0.4, -0.2) is 33.3 Å². The maximum Gasteiger partial charge on any atom is 0.254 e. The topological polar surface area (TPSA) is 54.7 Å². The minimum Gasteiger partial charge on any atom is -0.332 e. The highest BCUT2D eigenvalue weighted by Crippen LogP contribution is 2.46. The molecule has 6 rings (SSSR count). The summed E-state index contributed by atoms with van der Waals surface area (Å²) in [5, 5.41) is 4.69. The summed E-state index contributed by atoms with van der Waals surface area (Å²) in [7, 11) is 0. The van der Waals surface area contributed by atoms with Crippen LogP contribution in [0.4, 0.5) is 4.39 Å². The molecule has 3 heterocycles. The Hall–Kier alpha value is -3.80. The molecule has 0 bridgehead atoms. The molecule has 0 radical (unpaired) electrons. The van der Waals surface area contributed by atoms with Crippen LogP contribution in [0.2, 0.25) is 0 Å². The van der Waals surface area contributed by atoms with Crippen LogP contribution >= 0.6 is 0 Å². The third-order valence-electron chi connectivity index (χ3n) is 7.81. The maximum absolute atomic E-state index is 15.1. The molecule has 2 aliphatic rings. The fourth-order valence-electron chi connectivity index (χ4n) is 5.61. The Morgan fingerprint density at radius 1 is 1.14 bits per heavy atom. The number of aryl methyl sites for hydroxylation is 1. The third-order valence-corrected chi connectivity index (χ3v) is 7.81. The lowest BCUT2D eigenvalue weighted by atomic mass is 9.93. The molecule has 2 unspecified atom stereocenters. The number of benzene rings is 2. The van der Waals surface area contributed by atoms with Gasteiger partial charge in [0.2, 0.25) is 0 Å². The first-order valence-electron chi connectivity index (χ1n) is 12.6. The summed E-state index contributed by atoms with van der Waals surface area (Å²) in [4.78, 5) is 26.6. The molecular weight excluding hydrogens is 453 g/mol. The van der Waals surface area contributed by atoms with Crippen LogP contribution in [-0.2, 0) is 17.6 Å². The smallest absolute Gasteiger partial charge is 0.254 e. The number of rotatable bonds is 5. The highest BCUT2D eigenvalue weighted by Gasteiger charge is 2.38. The van der Waals surface area contributed by atoms with Crippen LogP contribution in [0.15, 0.2) is 60.7 Å². The van der Waals surface area contributed by atoms with Crippen LogP contribution in [0.25, 0.3) is 16.8 Å². The van der Waals surface area contributed by atoms with Crippen molar-refractivity contribution in [2.75, 3.05) is 6.54 Å². The van der Waals surface area contributed by atoms with Crippen molar-refractivity contribution in [2.24, 2.45) is 5.92 Å². The van der Waals surface area contributed by atoms with Crippen LogP contribution in [0.3, 0.4) is 0 Å². The van der Waals surface area contributed by atoms with E-state index in [9.17, 15) is 9.59 Å². The van der Waals surface area contributed by atoms with Crippen molar-refractivity contribution in [3.63, 3.8) is 0 Å². The number of halogens is 1. The van der Waals surface area contributed by atoms with Crippen molar-refractivity contribution in [3.8, 4) is 11.3 Å². The van der Waals surface area contributed by atoms with Crippen LogP contribution in [0, 0.1) is 11.7 Å². The first-order valence-corrected chi connectivity index (χ1v) is 12.6. The van der Waals surface area contributed by atoms with Gasteiger partial charge in [-0.3, -0.25) is 4.79 Å². The first-order chi connectivity index (χ1) is 17.5. The van der Waals surface area contributed by atoms with Gasteiger partial charge in [-0.05, 0) is 79.1 Å². The lowest BCUT2D eigenvalue weighted by Gasteiger charge is -2.35. The van der Waals surface area contributed by atoms with Gasteiger partial charge in [0.15, 0.2) is 0 Å². The predicted octanol–water partition coefficient (Wildman–Crippen LogP) is 5.76. The molecule has 0 N–H and O–H groups in total. The first kappa shape index (κ1) is 22.7. The van der Waals surface area contributed by atoms with Crippen molar-refractivity contribution in [1.82, 2.24) is 14.5 Å². The van der Waals surface area contributed by atoms with E-state index >= 15 is 4.39 Å². The molecule has 3 atom stereocenters. The monoisotopic (exact) mass is 481 g/mol. The molecule has 6 heteroatoms. The number of hydrogen-bond acceptors (Lipinski definition) is 3. The molecule has 0 saturated heterocycles. The SMILES string of the molecule is CCc1cc(C(=O)N2CCc3ccccc3[C@H]2C)cc2cc(-c3ccc(C4CC4C=O)cc3F)nn12. The summed E-state index contributed by atoms with van der Waals surface area (Å²) in [6.45, 7) is 4.79. The number of pyridine rings is 1. The Morgan fingerprint density at radius 2 is 1.97 bits per heavy atom. The zero-order chi connectivity index (χ0) is 25.0. The number of aromatic nitrogens is 2. The lowest BCUT2D eigenvalue weighted by molar-refractivity contribution is -0.108. The maximum atomic E-state index is 15.1. The van der Waals surface area contributed by atoms with Gasteiger partial charge in [-0.2, -0.15) is 5.10 Å². The van der Waals surface area contributed by atoms with Gasteiger partial charge in [0.25, 0.3) is 5.91 Å². The second-order valence-electron chi connectivity index (χ2n) is 9.96. The molecule has 1 saturated carbocycles. The molecule has 1 aliphatic heterocycles. The summed E-state index contributed by atoms with van der Waals surface area (Å²) >= 11 is 0. The molecular formula is C30H28FN3O2. The van der Waals surface area contributed by atoms with Gasteiger partial charge < -0.3 is 9.69 Å². The molecule has 2 aromatic carbocycles. The molecule has 182 valence electrons. The summed E-state index contributed by atoms with van der Waals surface area (Å²) < 4.78 is 16.9. The quantitative estimate of drug-likeness (QED) is 0.340. The number of aldehydes is 1. The zero-order valence-corrected chi connectivity index (χ0v) is 20.4. The second kappa shape index (κ2) is 8.70. The van der Waals surface area contributed by atoms with Gasteiger partial charge in [0.1, 0.15) is 12.1 Å². The van der Waals surface area contributed by atoms with Crippen LogP contribution < -0.4 is 0 Å². The fraction of sp³-hybridized carbons (Fsp3) is 0.300. The number of carbonyl (C=O) groups is 2. The van der Waals surface area contributed by atoms with Crippen LogP contribution in [0.5, 0.6) is 0 Å². The van der Waals surface area contributed by atoms with Crippen molar-refractivity contribution >= 4 is 17.7 Å². The highest BCUT2D eigenvalue weighted by atomic mass is 19.1. The largest absolute Gasteiger partial charge is 0.332 e. The standard InChI is InChI=1S/C30H28FN3O2/c1-3-23-12-21(30(36)33-11-10-19-6-4-5-7-25(19)18(33)2)13-24-16-29(32-34(23)24)26-9-8-20(15-28(26)31)27-14-22(27)17-35/h4-9,12-13,15-18,22,27H,3,10-11,14H2,1-2H3/t18-,22?,27?/m1/s1. The number of amides is 1. The van der Waals surface area contributed by atoms with Crippen molar-refractivity contribution in [1.29, 1.82) is 0 Å².